The Labute approximate surface area is 128 Å². The van der Waals surface area contributed by atoms with Crippen LogP contribution in [-0.2, 0) is 22.7 Å². The lowest BCUT2D eigenvalue weighted by molar-refractivity contribution is 0.400. The van der Waals surface area contributed by atoms with Gasteiger partial charge in [-0.15, -0.1) is 0 Å². The Morgan fingerprint density at radius 2 is 2.00 bits per heavy atom. The molecule has 21 heavy (non-hydrogen) atoms. The second-order valence-electron chi connectivity index (χ2n) is 6.43. The lowest BCUT2D eigenvalue weighted by Gasteiger charge is -2.26. The summed E-state index contributed by atoms with van der Waals surface area (Å²) in [6.07, 6.45) is 5.73. The standard InChI is InChI=1S/C17H25NO2S/c1-2-18-17(16-9-10-21(19,20)12-16)15-8-7-13-5-3-4-6-14(13)11-15/h7-8,11,16-18H,2-6,9-10,12H2,1H3. The Morgan fingerprint density at radius 1 is 1.24 bits per heavy atom. The Morgan fingerprint density at radius 3 is 2.67 bits per heavy atom. The SMILES string of the molecule is CCNC(c1ccc2c(c1)CCCC2)C1CCS(=O)(=O)C1. The topological polar surface area (TPSA) is 46.2 Å². The van der Waals surface area contributed by atoms with Crippen molar-refractivity contribution in [3.63, 3.8) is 0 Å². The Kier molecular flexibility index (Phi) is 4.36. The fraction of sp³-hybridized carbons (Fsp3) is 0.647. The molecule has 1 fully saturated rings. The highest BCUT2D eigenvalue weighted by atomic mass is 32.2. The summed E-state index contributed by atoms with van der Waals surface area (Å²) in [5.41, 5.74) is 4.24. The van der Waals surface area contributed by atoms with Crippen molar-refractivity contribution in [3.05, 3.63) is 34.9 Å². The van der Waals surface area contributed by atoms with Crippen LogP contribution in [0.15, 0.2) is 18.2 Å². The van der Waals surface area contributed by atoms with Gasteiger partial charge in [-0.1, -0.05) is 25.1 Å². The van der Waals surface area contributed by atoms with Crippen molar-refractivity contribution in [2.75, 3.05) is 18.1 Å². The zero-order chi connectivity index (χ0) is 14.9. The summed E-state index contributed by atoms with van der Waals surface area (Å²) >= 11 is 0. The van der Waals surface area contributed by atoms with Crippen molar-refractivity contribution in [1.82, 2.24) is 5.32 Å². The van der Waals surface area contributed by atoms with Crippen LogP contribution in [0.25, 0.3) is 0 Å². The second-order valence-corrected chi connectivity index (χ2v) is 8.66. The first-order valence-corrected chi connectivity index (χ1v) is 9.97. The minimum atomic E-state index is -2.82. The number of benzene rings is 1. The molecule has 1 aliphatic heterocycles. The summed E-state index contributed by atoms with van der Waals surface area (Å²) in [5.74, 6) is 0.906. The lowest BCUT2D eigenvalue weighted by atomic mass is 9.86. The number of nitrogens with one attached hydrogen (secondary N) is 1. The fourth-order valence-corrected chi connectivity index (χ4v) is 5.65. The van der Waals surface area contributed by atoms with Crippen LogP contribution in [-0.4, -0.2) is 26.5 Å². The van der Waals surface area contributed by atoms with Crippen LogP contribution in [0.5, 0.6) is 0 Å². The lowest BCUT2D eigenvalue weighted by Crippen LogP contribution is -2.29. The smallest absolute Gasteiger partial charge is 0.150 e. The molecule has 1 saturated heterocycles. The second kappa shape index (κ2) is 6.09. The van der Waals surface area contributed by atoms with E-state index in [4.69, 9.17) is 0 Å². The Bertz CT molecular complexity index is 609. The van der Waals surface area contributed by atoms with E-state index in [9.17, 15) is 8.42 Å². The zero-order valence-corrected chi connectivity index (χ0v) is 13.6. The van der Waals surface area contributed by atoms with Crippen molar-refractivity contribution < 1.29 is 8.42 Å². The van der Waals surface area contributed by atoms with Crippen LogP contribution >= 0.6 is 0 Å². The van der Waals surface area contributed by atoms with Crippen LogP contribution in [0.1, 0.15) is 48.9 Å². The van der Waals surface area contributed by atoms with Gasteiger partial charge in [-0.2, -0.15) is 0 Å². The summed E-state index contributed by atoms with van der Waals surface area (Å²) < 4.78 is 23.6. The minimum absolute atomic E-state index is 0.180. The summed E-state index contributed by atoms with van der Waals surface area (Å²) in [4.78, 5) is 0. The highest BCUT2D eigenvalue weighted by Gasteiger charge is 2.34. The van der Waals surface area contributed by atoms with E-state index in [2.05, 4.69) is 30.4 Å². The van der Waals surface area contributed by atoms with Crippen LogP contribution in [0.3, 0.4) is 0 Å². The summed E-state index contributed by atoms with van der Waals surface area (Å²) in [6, 6.07) is 6.98. The van der Waals surface area contributed by atoms with E-state index in [1.54, 1.807) is 0 Å². The molecule has 4 heteroatoms. The van der Waals surface area contributed by atoms with E-state index in [0.29, 0.717) is 11.5 Å². The van der Waals surface area contributed by atoms with E-state index in [1.165, 1.54) is 42.4 Å². The van der Waals surface area contributed by atoms with Gasteiger partial charge in [0.2, 0.25) is 0 Å². The van der Waals surface area contributed by atoms with Gasteiger partial charge in [-0.3, -0.25) is 0 Å². The summed E-state index contributed by atoms with van der Waals surface area (Å²) in [5, 5.41) is 3.52. The molecule has 2 unspecified atom stereocenters. The third-order valence-electron chi connectivity index (χ3n) is 4.89. The molecule has 116 valence electrons. The fourth-order valence-electron chi connectivity index (χ4n) is 3.81. The minimum Gasteiger partial charge on any atom is -0.310 e. The molecule has 3 rings (SSSR count). The molecule has 0 bridgehead atoms. The van der Waals surface area contributed by atoms with Gasteiger partial charge in [-0.25, -0.2) is 8.42 Å². The van der Waals surface area contributed by atoms with Gasteiger partial charge >= 0.3 is 0 Å². The Balaban J connectivity index is 1.87. The van der Waals surface area contributed by atoms with E-state index >= 15 is 0 Å². The van der Waals surface area contributed by atoms with E-state index in [0.717, 1.165) is 13.0 Å². The quantitative estimate of drug-likeness (QED) is 0.930. The molecule has 1 aromatic carbocycles. The molecule has 0 spiro atoms. The van der Waals surface area contributed by atoms with Crippen LogP contribution in [0.4, 0.5) is 0 Å². The third kappa shape index (κ3) is 3.32. The molecule has 0 aromatic heterocycles. The monoisotopic (exact) mass is 307 g/mol. The van der Waals surface area contributed by atoms with Crippen molar-refractivity contribution in [2.45, 2.75) is 45.1 Å². The number of hydrogen-bond acceptors (Lipinski definition) is 3. The van der Waals surface area contributed by atoms with Gasteiger partial charge in [0, 0.05) is 6.04 Å². The predicted octanol–water partition coefficient (Wildman–Crippen LogP) is 2.65. The molecule has 0 amide bonds. The third-order valence-corrected chi connectivity index (χ3v) is 6.69. The number of fused-ring (bicyclic) bond motifs is 1. The van der Waals surface area contributed by atoms with Crippen molar-refractivity contribution >= 4 is 9.84 Å². The van der Waals surface area contributed by atoms with Gasteiger partial charge in [0.25, 0.3) is 0 Å². The maximum absolute atomic E-state index is 11.8. The van der Waals surface area contributed by atoms with Gasteiger partial charge < -0.3 is 5.32 Å². The molecule has 1 aromatic rings. The van der Waals surface area contributed by atoms with Crippen LogP contribution < -0.4 is 5.32 Å². The molecule has 3 nitrogen and oxygen atoms in total. The first-order chi connectivity index (χ1) is 10.1. The maximum Gasteiger partial charge on any atom is 0.150 e. The molecular weight excluding hydrogens is 282 g/mol. The molecule has 1 aliphatic carbocycles. The van der Waals surface area contributed by atoms with E-state index < -0.39 is 9.84 Å². The number of hydrogen-bond donors (Lipinski definition) is 1. The molecule has 2 aliphatic rings. The Hall–Kier alpha value is -0.870. The molecule has 0 saturated carbocycles. The highest BCUT2D eigenvalue weighted by Crippen LogP contribution is 2.33. The molecule has 1 N–H and O–H groups in total. The number of rotatable bonds is 4. The summed E-state index contributed by atoms with van der Waals surface area (Å²) in [7, 11) is -2.82. The van der Waals surface area contributed by atoms with Crippen molar-refractivity contribution in [1.29, 1.82) is 0 Å². The normalized spacial score (nSPS) is 25.5. The first-order valence-electron chi connectivity index (χ1n) is 8.14. The average molecular weight is 307 g/mol. The first kappa shape index (κ1) is 15.0. The molecule has 0 radical (unpaired) electrons. The highest BCUT2D eigenvalue weighted by molar-refractivity contribution is 7.91. The zero-order valence-electron chi connectivity index (χ0n) is 12.8. The van der Waals surface area contributed by atoms with Crippen molar-refractivity contribution in [3.8, 4) is 0 Å². The largest absolute Gasteiger partial charge is 0.310 e. The van der Waals surface area contributed by atoms with Gasteiger partial charge in [0.1, 0.15) is 0 Å². The van der Waals surface area contributed by atoms with Gasteiger partial charge in [0.05, 0.1) is 11.5 Å². The van der Waals surface area contributed by atoms with E-state index in [1.807, 2.05) is 0 Å². The van der Waals surface area contributed by atoms with Crippen LogP contribution in [0.2, 0.25) is 0 Å². The van der Waals surface area contributed by atoms with Crippen molar-refractivity contribution in [2.24, 2.45) is 5.92 Å². The van der Waals surface area contributed by atoms with Gasteiger partial charge in [0.15, 0.2) is 9.84 Å². The van der Waals surface area contributed by atoms with Crippen LogP contribution in [0, 0.1) is 5.92 Å². The number of aryl methyl sites for hydroxylation is 2. The number of sulfone groups is 1. The van der Waals surface area contributed by atoms with E-state index in [-0.39, 0.29) is 12.0 Å². The maximum atomic E-state index is 11.8. The van der Waals surface area contributed by atoms with Gasteiger partial charge in [-0.05, 0) is 61.3 Å². The molecule has 1 heterocycles. The predicted molar refractivity (Wildman–Crippen MR) is 86.3 cm³/mol. The average Bonchev–Trinajstić information content (AvgIpc) is 2.84. The molecular formula is C17H25NO2S. The summed E-state index contributed by atoms with van der Waals surface area (Å²) in [6.45, 7) is 2.97. The molecule has 2 atom stereocenters.